The van der Waals surface area contributed by atoms with Gasteiger partial charge in [0.2, 0.25) is 0 Å². The molecule has 5 atom stereocenters. The Morgan fingerprint density at radius 3 is 2.71 bits per heavy atom. The summed E-state index contributed by atoms with van der Waals surface area (Å²) in [5.41, 5.74) is -0.378. The van der Waals surface area contributed by atoms with E-state index in [4.69, 9.17) is 0 Å². The van der Waals surface area contributed by atoms with Crippen LogP contribution >= 0.6 is 0 Å². The van der Waals surface area contributed by atoms with Crippen molar-refractivity contribution in [2.24, 2.45) is 17.3 Å². The summed E-state index contributed by atoms with van der Waals surface area (Å²) in [5.74, 6) is 0.794. The lowest BCUT2D eigenvalue weighted by Gasteiger charge is -2.66. The molecule has 0 saturated heterocycles. The van der Waals surface area contributed by atoms with Gasteiger partial charge in [0.05, 0.1) is 11.7 Å². The van der Waals surface area contributed by atoms with E-state index in [0.717, 1.165) is 38.5 Å². The highest BCUT2D eigenvalue weighted by Gasteiger charge is 2.72. The maximum atomic E-state index is 10.6. The molecule has 0 amide bonds. The molecule has 3 aliphatic rings. The number of aliphatic hydroxyl groups excluding tert-OH is 1. The van der Waals surface area contributed by atoms with Crippen LogP contribution in [0.1, 0.15) is 45.4 Å². The van der Waals surface area contributed by atoms with Gasteiger partial charge < -0.3 is 10.2 Å². The van der Waals surface area contributed by atoms with Crippen molar-refractivity contribution in [1.29, 1.82) is 0 Å². The van der Waals surface area contributed by atoms with Crippen LogP contribution in [0.2, 0.25) is 0 Å². The Kier molecular flexibility index (Phi) is 1.66. The number of fused-ring (bicyclic) bond motifs is 4. The first-order valence-electron chi connectivity index (χ1n) is 6.00. The SMILES string of the molecule is CC12CCCC1(O)C1CCCC(O)C12. The highest BCUT2D eigenvalue weighted by molar-refractivity contribution is 5.21. The number of aliphatic hydroxyl groups is 2. The van der Waals surface area contributed by atoms with Crippen molar-refractivity contribution in [3.05, 3.63) is 0 Å². The zero-order chi connectivity index (χ0) is 9.97. The Hall–Kier alpha value is -0.0800. The van der Waals surface area contributed by atoms with Crippen LogP contribution in [0.5, 0.6) is 0 Å². The van der Waals surface area contributed by atoms with Crippen LogP contribution in [-0.2, 0) is 0 Å². The largest absolute Gasteiger partial charge is 0.393 e. The van der Waals surface area contributed by atoms with Gasteiger partial charge in [-0.1, -0.05) is 13.3 Å². The van der Waals surface area contributed by atoms with Crippen LogP contribution in [0.3, 0.4) is 0 Å². The molecule has 0 heterocycles. The molecule has 5 unspecified atom stereocenters. The Labute approximate surface area is 85.3 Å². The normalized spacial score (nSPS) is 61.5. The summed E-state index contributed by atoms with van der Waals surface area (Å²) in [6.07, 6.45) is 6.27. The maximum Gasteiger partial charge on any atom is 0.0736 e. The zero-order valence-electron chi connectivity index (χ0n) is 8.87. The summed E-state index contributed by atoms with van der Waals surface area (Å²) in [6, 6.07) is 0. The van der Waals surface area contributed by atoms with Gasteiger partial charge in [0.25, 0.3) is 0 Å². The molecular formula is C12H20O2. The third-order valence-electron chi connectivity index (χ3n) is 5.46. The molecule has 3 fully saturated rings. The van der Waals surface area contributed by atoms with Crippen LogP contribution in [0, 0.1) is 17.3 Å². The van der Waals surface area contributed by atoms with Crippen molar-refractivity contribution in [2.75, 3.05) is 0 Å². The molecule has 14 heavy (non-hydrogen) atoms. The van der Waals surface area contributed by atoms with E-state index in [9.17, 15) is 10.2 Å². The summed E-state index contributed by atoms with van der Waals surface area (Å²) in [5, 5.41) is 20.6. The van der Waals surface area contributed by atoms with E-state index in [2.05, 4.69) is 6.92 Å². The van der Waals surface area contributed by atoms with Gasteiger partial charge in [-0.15, -0.1) is 0 Å². The van der Waals surface area contributed by atoms with Crippen molar-refractivity contribution in [3.63, 3.8) is 0 Å². The Balaban J connectivity index is 1.96. The fourth-order valence-corrected chi connectivity index (χ4v) is 4.77. The minimum Gasteiger partial charge on any atom is -0.393 e. The van der Waals surface area contributed by atoms with E-state index in [1.54, 1.807) is 0 Å². The molecule has 0 radical (unpaired) electrons. The minimum absolute atomic E-state index is 0.0392. The van der Waals surface area contributed by atoms with Crippen LogP contribution in [0.25, 0.3) is 0 Å². The van der Waals surface area contributed by atoms with Gasteiger partial charge in [-0.3, -0.25) is 0 Å². The van der Waals surface area contributed by atoms with Gasteiger partial charge in [-0.05, 0) is 43.9 Å². The summed E-state index contributed by atoms with van der Waals surface area (Å²) in [7, 11) is 0. The number of rotatable bonds is 0. The minimum atomic E-state index is -0.418. The average Bonchev–Trinajstić information content (AvgIpc) is 2.39. The first kappa shape index (κ1) is 9.17. The summed E-state index contributed by atoms with van der Waals surface area (Å²) >= 11 is 0. The van der Waals surface area contributed by atoms with Crippen molar-refractivity contribution in [2.45, 2.75) is 57.2 Å². The summed E-state index contributed by atoms with van der Waals surface area (Å²) in [6.45, 7) is 2.19. The van der Waals surface area contributed by atoms with Gasteiger partial charge in [-0.25, -0.2) is 0 Å². The first-order chi connectivity index (χ1) is 6.59. The molecule has 3 rings (SSSR count). The third kappa shape index (κ3) is 0.772. The van der Waals surface area contributed by atoms with Crippen LogP contribution < -0.4 is 0 Å². The lowest BCUT2D eigenvalue weighted by molar-refractivity contribution is -0.276. The lowest BCUT2D eigenvalue weighted by atomic mass is 9.42. The van der Waals surface area contributed by atoms with Crippen molar-refractivity contribution in [1.82, 2.24) is 0 Å². The third-order valence-corrected chi connectivity index (χ3v) is 5.46. The van der Waals surface area contributed by atoms with Crippen LogP contribution in [0.15, 0.2) is 0 Å². The van der Waals surface area contributed by atoms with E-state index >= 15 is 0 Å². The predicted octanol–water partition coefficient (Wildman–Crippen LogP) is 1.70. The molecule has 2 heteroatoms. The fourth-order valence-electron chi connectivity index (χ4n) is 4.77. The van der Waals surface area contributed by atoms with Gasteiger partial charge in [0, 0.05) is 5.41 Å². The van der Waals surface area contributed by atoms with Gasteiger partial charge in [0.1, 0.15) is 0 Å². The van der Waals surface area contributed by atoms with E-state index < -0.39 is 5.60 Å². The van der Waals surface area contributed by atoms with E-state index in [1.807, 2.05) is 0 Å². The van der Waals surface area contributed by atoms with Gasteiger partial charge >= 0.3 is 0 Å². The highest BCUT2D eigenvalue weighted by Crippen LogP contribution is 2.70. The molecule has 3 saturated carbocycles. The molecule has 0 aliphatic heterocycles. The zero-order valence-corrected chi connectivity index (χ0v) is 8.87. The van der Waals surface area contributed by atoms with Gasteiger partial charge in [-0.2, -0.15) is 0 Å². The topological polar surface area (TPSA) is 40.5 Å². The Morgan fingerprint density at radius 2 is 1.93 bits per heavy atom. The molecule has 0 aromatic heterocycles. The molecule has 0 spiro atoms. The second kappa shape index (κ2) is 2.53. The molecule has 3 aliphatic carbocycles. The number of hydrogen-bond donors (Lipinski definition) is 2. The molecule has 2 N–H and O–H groups in total. The van der Waals surface area contributed by atoms with Gasteiger partial charge in [0.15, 0.2) is 0 Å². The first-order valence-corrected chi connectivity index (χ1v) is 6.00. The Morgan fingerprint density at radius 1 is 1.14 bits per heavy atom. The smallest absolute Gasteiger partial charge is 0.0736 e. The molecule has 2 nitrogen and oxygen atoms in total. The molecule has 0 bridgehead atoms. The van der Waals surface area contributed by atoms with E-state index in [0.29, 0.717) is 11.8 Å². The summed E-state index contributed by atoms with van der Waals surface area (Å²) < 4.78 is 0. The van der Waals surface area contributed by atoms with E-state index in [-0.39, 0.29) is 11.5 Å². The maximum absolute atomic E-state index is 10.6. The standard InChI is InChI=1S/C12H20O2/c1-11-6-3-7-12(11,14)8-4-2-5-9(13)10(8)11/h8-10,13-14H,2-7H2,1H3. The monoisotopic (exact) mass is 196 g/mol. The lowest BCUT2D eigenvalue weighted by Crippen LogP contribution is -2.70. The fraction of sp³-hybridized carbons (Fsp3) is 1.00. The van der Waals surface area contributed by atoms with Crippen molar-refractivity contribution >= 4 is 0 Å². The van der Waals surface area contributed by atoms with Crippen molar-refractivity contribution < 1.29 is 10.2 Å². The van der Waals surface area contributed by atoms with Crippen molar-refractivity contribution in [3.8, 4) is 0 Å². The number of hydrogen-bond acceptors (Lipinski definition) is 2. The molecule has 80 valence electrons. The second-order valence-electron chi connectivity index (χ2n) is 5.83. The summed E-state index contributed by atoms with van der Waals surface area (Å²) in [4.78, 5) is 0. The molecule has 0 aromatic rings. The average molecular weight is 196 g/mol. The highest BCUT2D eigenvalue weighted by atomic mass is 16.3. The molecular weight excluding hydrogens is 176 g/mol. The van der Waals surface area contributed by atoms with Crippen LogP contribution in [-0.4, -0.2) is 21.9 Å². The molecule has 0 aromatic carbocycles. The predicted molar refractivity (Wildman–Crippen MR) is 53.7 cm³/mol. The second-order valence-corrected chi connectivity index (χ2v) is 5.83. The van der Waals surface area contributed by atoms with E-state index in [1.165, 1.54) is 0 Å². The quantitative estimate of drug-likeness (QED) is 0.619. The Bertz CT molecular complexity index is 265. The van der Waals surface area contributed by atoms with Crippen LogP contribution in [0.4, 0.5) is 0 Å².